The van der Waals surface area contributed by atoms with Crippen LogP contribution < -0.4 is 0 Å². The minimum Gasteiger partial charge on any atom is -0.480 e. The Morgan fingerprint density at radius 3 is 2.33 bits per heavy atom. The fraction of sp³-hybridized carbons (Fsp3) is 0.818. The van der Waals surface area contributed by atoms with Gasteiger partial charge < -0.3 is 5.11 Å². The summed E-state index contributed by atoms with van der Waals surface area (Å²) < 4.78 is -0.725. The van der Waals surface area contributed by atoms with E-state index >= 15 is 0 Å². The predicted octanol–water partition coefficient (Wildman–Crippen LogP) is 2.91. The molecule has 0 bridgehead atoms. The van der Waals surface area contributed by atoms with E-state index in [2.05, 4.69) is 6.07 Å². The van der Waals surface area contributed by atoms with Crippen molar-refractivity contribution in [2.45, 2.75) is 45.3 Å². The third-order valence-electron chi connectivity index (χ3n) is 2.23. The molecule has 0 amide bonds. The molecule has 0 fully saturated rings. The lowest BCUT2D eigenvalue weighted by Crippen LogP contribution is -2.27. The van der Waals surface area contributed by atoms with Gasteiger partial charge in [0.05, 0.1) is 11.5 Å². The fourth-order valence-corrected chi connectivity index (χ4v) is 1.88. The lowest BCUT2D eigenvalue weighted by Gasteiger charge is -2.19. The highest BCUT2D eigenvalue weighted by Crippen LogP contribution is 2.28. The summed E-state index contributed by atoms with van der Waals surface area (Å²) in [5.41, 5.74) is -0.298. The summed E-state index contributed by atoms with van der Waals surface area (Å²) in [6, 6.07) is 2.24. The average Bonchev–Trinajstić information content (AvgIpc) is 2.12. The van der Waals surface area contributed by atoms with Crippen LogP contribution in [0.2, 0.25) is 0 Å². The molecular weight excluding hydrogens is 210 g/mol. The zero-order valence-corrected chi connectivity index (χ0v) is 10.6. The van der Waals surface area contributed by atoms with Crippen molar-refractivity contribution >= 4 is 17.7 Å². The summed E-state index contributed by atoms with van der Waals surface area (Å²) in [4.78, 5) is 10.8. The lowest BCUT2D eigenvalue weighted by molar-refractivity contribution is -0.138. The van der Waals surface area contributed by atoms with Gasteiger partial charge in [0, 0.05) is 0 Å². The van der Waals surface area contributed by atoms with Gasteiger partial charge in [-0.2, -0.15) is 5.26 Å². The Kier molecular flexibility index (Phi) is 5.16. The molecule has 0 aliphatic rings. The molecule has 0 atom stereocenters. The van der Waals surface area contributed by atoms with Crippen molar-refractivity contribution < 1.29 is 9.90 Å². The number of carboxylic acid groups (broad SMARTS) is 1. The van der Waals surface area contributed by atoms with Gasteiger partial charge in [0.2, 0.25) is 0 Å². The summed E-state index contributed by atoms with van der Waals surface area (Å²) in [7, 11) is 0. The molecule has 1 N–H and O–H groups in total. The number of thioether (sulfide) groups is 1. The molecule has 0 rings (SSSR count). The number of hydrogen-bond donors (Lipinski definition) is 1. The van der Waals surface area contributed by atoms with E-state index in [0.717, 1.165) is 18.6 Å². The number of hydrogen-bond acceptors (Lipinski definition) is 3. The highest BCUT2D eigenvalue weighted by Gasteiger charge is 2.27. The van der Waals surface area contributed by atoms with Gasteiger partial charge in [-0.05, 0) is 46.3 Å². The van der Waals surface area contributed by atoms with Gasteiger partial charge in [-0.1, -0.05) is 0 Å². The third-order valence-corrected chi connectivity index (χ3v) is 3.62. The summed E-state index contributed by atoms with van der Waals surface area (Å²) >= 11 is 1.43. The van der Waals surface area contributed by atoms with Gasteiger partial charge in [-0.3, -0.25) is 4.79 Å². The van der Waals surface area contributed by atoms with Crippen LogP contribution >= 0.6 is 11.8 Å². The van der Waals surface area contributed by atoms with Crippen LogP contribution in [0.25, 0.3) is 0 Å². The molecule has 0 unspecified atom stereocenters. The minimum atomic E-state index is -0.785. The fourth-order valence-electron chi connectivity index (χ4n) is 0.959. The SMILES string of the molecule is CC(C)(C#N)CCCSC(C)(C)C(=O)O. The van der Waals surface area contributed by atoms with E-state index in [0.29, 0.717) is 0 Å². The van der Waals surface area contributed by atoms with Gasteiger partial charge in [0.1, 0.15) is 4.75 Å². The van der Waals surface area contributed by atoms with Gasteiger partial charge in [-0.15, -0.1) is 11.8 Å². The molecule has 4 heteroatoms. The smallest absolute Gasteiger partial charge is 0.319 e. The second-order valence-corrected chi connectivity index (χ2v) is 6.48. The topological polar surface area (TPSA) is 61.1 Å². The van der Waals surface area contributed by atoms with Gasteiger partial charge in [-0.25, -0.2) is 0 Å². The van der Waals surface area contributed by atoms with Gasteiger partial charge in [0.15, 0.2) is 0 Å². The molecule has 0 radical (unpaired) electrons. The predicted molar refractivity (Wildman–Crippen MR) is 62.8 cm³/mol. The van der Waals surface area contributed by atoms with Crippen molar-refractivity contribution in [3.63, 3.8) is 0 Å². The third kappa shape index (κ3) is 5.68. The molecule has 3 nitrogen and oxygen atoms in total. The molecular formula is C11H19NO2S. The molecule has 0 spiro atoms. The van der Waals surface area contributed by atoms with E-state index < -0.39 is 10.7 Å². The van der Waals surface area contributed by atoms with Crippen molar-refractivity contribution in [3.8, 4) is 6.07 Å². The van der Waals surface area contributed by atoms with E-state index in [9.17, 15) is 4.79 Å². The molecule has 0 aliphatic carbocycles. The van der Waals surface area contributed by atoms with Crippen LogP contribution in [0.3, 0.4) is 0 Å². The van der Waals surface area contributed by atoms with Crippen LogP contribution in [-0.2, 0) is 4.79 Å². The summed E-state index contributed by atoms with van der Waals surface area (Å²) in [5, 5.41) is 17.7. The molecule has 0 saturated heterocycles. The molecule has 0 aromatic heterocycles. The summed E-state index contributed by atoms with van der Waals surface area (Å²) in [5.74, 6) is -0.00299. The molecule has 15 heavy (non-hydrogen) atoms. The zero-order chi connectivity index (χ0) is 12.1. The Bertz CT molecular complexity index is 266. The van der Waals surface area contributed by atoms with Crippen LogP contribution in [0.5, 0.6) is 0 Å². The molecule has 0 aromatic carbocycles. The van der Waals surface area contributed by atoms with Gasteiger partial charge in [0.25, 0.3) is 0 Å². The first-order chi connectivity index (χ1) is 6.71. The number of carbonyl (C=O) groups is 1. The Hall–Kier alpha value is -0.690. The van der Waals surface area contributed by atoms with E-state index in [1.165, 1.54) is 11.8 Å². The number of carboxylic acids is 1. The van der Waals surface area contributed by atoms with Crippen LogP contribution in [0.15, 0.2) is 0 Å². The first-order valence-corrected chi connectivity index (χ1v) is 5.98. The Balaban J connectivity index is 3.83. The molecule has 0 saturated carbocycles. The molecule has 86 valence electrons. The van der Waals surface area contributed by atoms with Crippen molar-refractivity contribution in [2.75, 3.05) is 5.75 Å². The average molecular weight is 229 g/mol. The molecule has 0 aromatic rings. The lowest BCUT2D eigenvalue weighted by atomic mass is 9.90. The van der Waals surface area contributed by atoms with Crippen LogP contribution in [-0.4, -0.2) is 21.6 Å². The highest BCUT2D eigenvalue weighted by atomic mass is 32.2. The van der Waals surface area contributed by atoms with Crippen LogP contribution in [0.1, 0.15) is 40.5 Å². The van der Waals surface area contributed by atoms with E-state index in [1.54, 1.807) is 13.8 Å². The molecule has 0 heterocycles. The maximum atomic E-state index is 10.8. The summed E-state index contributed by atoms with van der Waals surface area (Å²) in [6.45, 7) is 7.21. The zero-order valence-electron chi connectivity index (χ0n) is 9.83. The summed E-state index contributed by atoms with van der Waals surface area (Å²) in [6.07, 6.45) is 1.69. The Labute approximate surface area is 95.9 Å². The second kappa shape index (κ2) is 5.41. The van der Waals surface area contributed by atoms with Crippen molar-refractivity contribution in [2.24, 2.45) is 5.41 Å². The maximum Gasteiger partial charge on any atom is 0.319 e. The first-order valence-electron chi connectivity index (χ1n) is 5.00. The number of nitriles is 1. The number of nitrogens with zero attached hydrogens (tertiary/aromatic N) is 1. The molecule has 0 aliphatic heterocycles. The maximum absolute atomic E-state index is 10.8. The first kappa shape index (κ1) is 14.3. The second-order valence-electron chi connectivity index (χ2n) is 4.76. The highest BCUT2D eigenvalue weighted by molar-refractivity contribution is 8.01. The van der Waals surface area contributed by atoms with E-state index in [1.807, 2.05) is 13.8 Å². The largest absolute Gasteiger partial charge is 0.480 e. The number of rotatable bonds is 6. The van der Waals surface area contributed by atoms with Crippen molar-refractivity contribution in [3.05, 3.63) is 0 Å². The monoisotopic (exact) mass is 229 g/mol. The van der Waals surface area contributed by atoms with E-state index in [-0.39, 0.29) is 5.41 Å². The number of aliphatic carboxylic acids is 1. The quantitative estimate of drug-likeness (QED) is 0.711. The minimum absolute atomic E-state index is 0.298. The van der Waals surface area contributed by atoms with E-state index in [4.69, 9.17) is 10.4 Å². The standard InChI is InChI=1S/C11H19NO2S/c1-10(2,8-12)6-5-7-15-11(3,4)9(13)14/h5-7H2,1-4H3,(H,13,14). The van der Waals surface area contributed by atoms with Crippen LogP contribution in [0, 0.1) is 16.7 Å². The Morgan fingerprint density at radius 1 is 1.40 bits per heavy atom. The Morgan fingerprint density at radius 2 is 1.93 bits per heavy atom. The van der Waals surface area contributed by atoms with Crippen molar-refractivity contribution in [1.82, 2.24) is 0 Å². The normalized spacial score (nSPS) is 12.2. The van der Waals surface area contributed by atoms with Crippen molar-refractivity contribution in [1.29, 1.82) is 5.26 Å². The van der Waals surface area contributed by atoms with Crippen LogP contribution in [0.4, 0.5) is 0 Å². The van der Waals surface area contributed by atoms with Gasteiger partial charge >= 0.3 is 5.97 Å².